The fraction of sp³-hybridized carbons (Fsp3) is 0.316. The van der Waals surface area contributed by atoms with Crippen LogP contribution < -0.4 is 5.32 Å². The smallest absolute Gasteiger partial charge is 0.274 e. The van der Waals surface area contributed by atoms with Gasteiger partial charge in [0.2, 0.25) is 0 Å². The lowest BCUT2D eigenvalue weighted by Crippen LogP contribution is -2.28. The summed E-state index contributed by atoms with van der Waals surface area (Å²) >= 11 is 5.92. The summed E-state index contributed by atoms with van der Waals surface area (Å²) in [5, 5.41) is 3.41. The van der Waals surface area contributed by atoms with Gasteiger partial charge in [-0.05, 0) is 49.2 Å². The van der Waals surface area contributed by atoms with Crippen LogP contribution in [0.1, 0.15) is 46.2 Å². The minimum atomic E-state index is -0.365. The number of aromatic nitrogens is 1. The van der Waals surface area contributed by atoms with Crippen LogP contribution in [0, 0.1) is 6.92 Å². The van der Waals surface area contributed by atoms with Gasteiger partial charge in [0, 0.05) is 36.1 Å². The van der Waals surface area contributed by atoms with Crippen LogP contribution in [0.5, 0.6) is 0 Å². The summed E-state index contributed by atoms with van der Waals surface area (Å²) in [6.45, 7) is 4.62. The third-order valence-electron chi connectivity index (χ3n) is 3.87. The number of pyridine rings is 1. The van der Waals surface area contributed by atoms with Gasteiger partial charge in [0.05, 0.1) is 0 Å². The number of hydrogen-bond acceptors (Lipinski definition) is 3. The lowest BCUT2D eigenvalue weighted by molar-refractivity contribution is 0.0793. The Morgan fingerprint density at radius 2 is 2.00 bits per heavy atom. The molecular weight excluding hydrogens is 338 g/mol. The quantitative estimate of drug-likeness (QED) is 0.842. The van der Waals surface area contributed by atoms with E-state index in [0.29, 0.717) is 22.8 Å². The molecule has 0 fully saturated rings. The largest absolute Gasteiger partial charge is 0.342 e. The van der Waals surface area contributed by atoms with Crippen molar-refractivity contribution in [2.45, 2.75) is 26.7 Å². The van der Waals surface area contributed by atoms with Crippen molar-refractivity contribution in [1.29, 1.82) is 0 Å². The van der Waals surface area contributed by atoms with Gasteiger partial charge >= 0.3 is 0 Å². The fourth-order valence-electron chi connectivity index (χ4n) is 2.36. The van der Waals surface area contributed by atoms with E-state index in [1.807, 2.05) is 6.92 Å². The third-order valence-corrected chi connectivity index (χ3v) is 4.11. The number of rotatable bonds is 6. The predicted octanol–water partition coefficient (Wildman–Crippen LogP) is 4.17. The molecule has 0 aliphatic heterocycles. The Morgan fingerprint density at radius 1 is 1.24 bits per heavy atom. The second-order valence-corrected chi connectivity index (χ2v) is 6.36. The number of nitrogens with one attached hydrogen (secondary N) is 1. The van der Waals surface area contributed by atoms with Gasteiger partial charge in [-0.15, -0.1) is 0 Å². The summed E-state index contributed by atoms with van der Waals surface area (Å²) in [4.78, 5) is 30.6. The fourth-order valence-corrected chi connectivity index (χ4v) is 2.59. The maximum Gasteiger partial charge on any atom is 0.274 e. The number of benzene rings is 1. The van der Waals surface area contributed by atoms with E-state index in [-0.39, 0.29) is 17.5 Å². The van der Waals surface area contributed by atoms with E-state index < -0.39 is 0 Å². The van der Waals surface area contributed by atoms with E-state index >= 15 is 0 Å². The Balaban J connectivity index is 2.14. The molecule has 5 nitrogen and oxygen atoms in total. The monoisotopic (exact) mass is 359 g/mol. The first-order valence-corrected chi connectivity index (χ1v) is 8.59. The summed E-state index contributed by atoms with van der Waals surface area (Å²) in [7, 11) is 1.76. The lowest BCUT2D eigenvalue weighted by atomic mass is 10.1. The predicted molar refractivity (Wildman–Crippen MR) is 100 cm³/mol. The summed E-state index contributed by atoms with van der Waals surface area (Å²) in [5.41, 5.74) is 2.16. The highest BCUT2D eigenvalue weighted by Gasteiger charge is 2.15. The SMILES string of the molecule is CCCCN(C)C(=O)c1ccnc(C(=O)Nc2ccc(Cl)cc2C)c1. The van der Waals surface area contributed by atoms with Gasteiger partial charge in [-0.1, -0.05) is 24.9 Å². The summed E-state index contributed by atoms with van der Waals surface area (Å²) in [6.07, 6.45) is 3.43. The average Bonchev–Trinajstić information content (AvgIpc) is 2.61. The van der Waals surface area contributed by atoms with Crippen LogP contribution in [-0.2, 0) is 0 Å². The van der Waals surface area contributed by atoms with Gasteiger partial charge in [0.1, 0.15) is 5.69 Å². The molecule has 0 atom stereocenters. The second-order valence-electron chi connectivity index (χ2n) is 5.92. The Labute approximate surface area is 153 Å². The zero-order valence-corrected chi connectivity index (χ0v) is 15.4. The number of halogens is 1. The molecular formula is C19H22ClN3O2. The van der Waals surface area contributed by atoms with E-state index in [1.54, 1.807) is 36.2 Å². The first kappa shape index (κ1) is 18.9. The number of aryl methyl sites for hydroxylation is 1. The summed E-state index contributed by atoms with van der Waals surface area (Å²) in [6, 6.07) is 8.36. The molecule has 2 aromatic rings. The summed E-state index contributed by atoms with van der Waals surface area (Å²) in [5.74, 6) is -0.483. The molecule has 1 aromatic carbocycles. The molecule has 0 saturated carbocycles. The first-order chi connectivity index (χ1) is 11.9. The molecule has 2 amide bonds. The molecule has 0 spiro atoms. The second kappa shape index (κ2) is 8.62. The van der Waals surface area contributed by atoms with E-state index in [4.69, 9.17) is 11.6 Å². The molecule has 6 heteroatoms. The van der Waals surface area contributed by atoms with Gasteiger partial charge in [0.15, 0.2) is 0 Å². The zero-order valence-electron chi connectivity index (χ0n) is 14.7. The standard InChI is InChI=1S/C19H22ClN3O2/c1-4-5-10-23(3)19(25)14-8-9-21-17(12-14)18(24)22-16-7-6-15(20)11-13(16)2/h6-9,11-12H,4-5,10H2,1-3H3,(H,22,24). The van der Waals surface area contributed by atoms with Crippen molar-refractivity contribution in [2.24, 2.45) is 0 Å². The number of anilines is 1. The third kappa shape index (κ3) is 5.03. The first-order valence-electron chi connectivity index (χ1n) is 8.21. The van der Waals surface area contributed by atoms with E-state index in [2.05, 4.69) is 17.2 Å². The molecule has 0 unspecified atom stereocenters. The van der Waals surface area contributed by atoms with Crippen LogP contribution in [0.25, 0.3) is 0 Å². The van der Waals surface area contributed by atoms with Crippen molar-refractivity contribution >= 4 is 29.1 Å². The van der Waals surface area contributed by atoms with Gasteiger partial charge in [-0.3, -0.25) is 14.6 Å². The van der Waals surface area contributed by atoms with Crippen molar-refractivity contribution in [3.8, 4) is 0 Å². The van der Waals surface area contributed by atoms with Crippen molar-refractivity contribution in [3.63, 3.8) is 0 Å². The molecule has 1 aromatic heterocycles. The number of carbonyl (C=O) groups is 2. The van der Waals surface area contributed by atoms with E-state index in [1.165, 1.54) is 12.3 Å². The average molecular weight is 360 g/mol. The zero-order chi connectivity index (χ0) is 18.4. The molecule has 0 saturated heterocycles. The Morgan fingerprint density at radius 3 is 2.68 bits per heavy atom. The maximum absolute atomic E-state index is 12.4. The molecule has 1 N–H and O–H groups in total. The Bertz CT molecular complexity index is 777. The van der Waals surface area contributed by atoms with E-state index in [9.17, 15) is 9.59 Å². The number of unbranched alkanes of at least 4 members (excludes halogenated alkanes) is 1. The molecule has 0 aliphatic rings. The molecule has 2 rings (SSSR count). The Kier molecular flexibility index (Phi) is 6.53. The van der Waals surface area contributed by atoms with Crippen molar-refractivity contribution in [1.82, 2.24) is 9.88 Å². The number of carbonyl (C=O) groups excluding carboxylic acids is 2. The minimum Gasteiger partial charge on any atom is -0.342 e. The lowest BCUT2D eigenvalue weighted by Gasteiger charge is -2.17. The molecule has 0 aliphatic carbocycles. The van der Waals surface area contributed by atoms with Gasteiger partial charge in [-0.25, -0.2) is 0 Å². The maximum atomic E-state index is 12.4. The number of nitrogens with zero attached hydrogens (tertiary/aromatic N) is 2. The van der Waals surface area contributed by atoms with E-state index in [0.717, 1.165) is 18.4 Å². The number of amides is 2. The topological polar surface area (TPSA) is 62.3 Å². The van der Waals surface area contributed by atoms with Crippen LogP contribution >= 0.6 is 11.6 Å². The van der Waals surface area contributed by atoms with Gasteiger partial charge in [-0.2, -0.15) is 0 Å². The highest BCUT2D eigenvalue weighted by molar-refractivity contribution is 6.30. The van der Waals surface area contributed by atoms with Crippen LogP contribution in [0.4, 0.5) is 5.69 Å². The van der Waals surface area contributed by atoms with Crippen LogP contribution in [0.3, 0.4) is 0 Å². The van der Waals surface area contributed by atoms with Crippen molar-refractivity contribution in [2.75, 3.05) is 18.9 Å². The van der Waals surface area contributed by atoms with Crippen molar-refractivity contribution < 1.29 is 9.59 Å². The molecule has 0 radical (unpaired) electrons. The highest BCUT2D eigenvalue weighted by atomic mass is 35.5. The summed E-state index contributed by atoms with van der Waals surface area (Å²) < 4.78 is 0. The van der Waals surface area contributed by atoms with Gasteiger partial charge < -0.3 is 10.2 Å². The minimum absolute atomic E-state index is 0.118. The molecule has 1 heterocycles. The molecule has 132 valence electrons. The normalized spacial score (nSPS) is 10.4. The number of hydrogen-bond donors (Lipinski definition) is 1. The highest BCUT2D eigenvalue weighted by Crippen LogP contribution is 2.20. The van der Waals surface area contributed by atoms with Crippen molar-refractivity contribution in [3.05, 3.63) is 58.4 Å². The van der Waals surface area contributed by atoms with Crippen LogP contribution in [0.2, 0.25) is 5.02 Å². The van der Waals surface area contributed by atoms with Crippen LogP contribution in [0.15, 0.2) is 36.5 Å². The Hall–Kier alpha value is -2.40. The van der Waals surface area contributed by atoms with Gasteiger partial charge in [0.25, 0.3) is 11.8 Å². The van der Waals surface area contributed by atoms with Crippen LogP contribution in [-0.4, -0.2) is 35.3 Å². The molecule has 0 bridgehead atoms. The molecule has 25 heavy (non-hydrogen) atoms.